The van der Waals surface area contributed by atoms with Crippen molar-refractivity contribution in [2.24, 2.45) is 5.73 Å². The highest BCUT2D eigenvalue weighted by molar-refractivity contribution is 5.97. The molecule has 0 saturated carbocycles. The first kappa shape index (κ1) is 16.3. The van der Waals surface area contributed by atoms with Gasteiger partial charge in [-0.1, -0.05) is 0 Å². The van der Waals surface area contributed by atoms with E-state index < -0.39 is 24.4 Å². The quantitative estimate of drug-likeness (QED) is 0.791. The molecule has 3 N–H and O–H groups in total. The summed E-state index contributed by atoms with van der Waals surface area (Å²) in [6, 6.07) is 10.6. The average molecular weight is 342 g/mol. The lowest BCUT2D eigenvalue weighted by Gasteiger charge is -2.07. The van der Waals surface area contributed by atoms with Crippen LogP contribution in [0.25, 0.3) is 0 Å². The summed E-state index contributed by atoms with van der Waals surface area (Å²) in [5.41, 5.74) is 6.10. The molecule has 0 fully saturated rings. The van der Waals surface area contributed by atoms with E-state index in [9.17, 15) is 14.4 Å². The van der Waals surface area contributed by atoms with E-state index in [1.807, 2.05) is 0 Å². The Hall–Kier alpha value is -3.55. The Labute approximate surface area is 142 Å². The van der Waals surface area contributed by atoms with Crippen LogP contribution in [0, 0.1) is 0 Å². The van der Waals surface area contributed by atoms with E-state index in [4.69, 9.17) is 19.9 Å². The highest BCUT2D eigenvalue weighted by atomic mass is 16.7. The largest absolute Gasteiger partial charge is 0.454 e. The molecule has 0 aromatic heterocycles. The van der Waals surface area contributed by atoms with Crippen LogP contribution in [-0.4, -0.2) is 31.2 Å². The highest BCUT2D eigenvalue weighted by Crippen LogP contribution is 2.34. The van der Waals surface area contributed by atoms with Crippen LogP contribution in [0.4, 0.5) is 5.69 Å². The van der Waals surface area contributed by atoms with Gasteiger partial charge in [-0.25, -0.2) is 4.79 Å². The minimum Gasteiger partial charge on any atom is -0.454 e. The second-order valence-electron chi connectivity index (χ2n) is 5.13. The Bertz CT molecular complexity index is 832. The van der Waals surface area contributed by atoms with Gasteiger partial charge < -0.3 is 25.3 Å². The van der Waals surface area contributed by atoms with E-state index in [1.54, 1.807) is 18.2 Å². The molecule has 0 aliphatic carbocycles. The van der Waals surface area contributed by atoms with Crippen LogP contribution in [0.3, 0.4) is 0 Å². The minimum absolute atomic E-state index is 0.138. The maximum Gasteiger partial charge on any atom is 0.338 e. The summed E-state index contributed by atoms with van der Waals surface area (Å²) in [6.07, 6.45) is 0. The zero-order chi connectivity index (χ0) is 17.8. The zero-order valence-electron chi connectivity index (χ0n) is 13.0. The van der Waals surface area contributed by atoms with Crippen molar-refractivity contribution in [2.45, 2.75) is 0 Å². The van der Waals surface area contributed by atoms with Crippen LogP contribution in [0.1, 0.15) is 20.7 Å². The molecular formula is C17H14N2O6. The third-order valence-electron chi connectivity index (χ3n) is 3.40. The third-order valence-corrected chi connectivity index (χ3v) is 3.40. The van der Waals surface area contributed by atoms with Gasteiger partial charge in [0.2, 0.25) is 12.7 Å². The van der Waals surface area contributed by atoms with E-state index in [0.29, 0.717) is 17.2 Å². The Morgan fingerprint density at radius 3 is 2.40 bits per heavy atom. The van der Waals surface area contributed by atoms with Gasteiger partial charge in [0.25, 0.3) is 5.91 Å². The van der Waals surface area contributed by atoms with Crippen LogP contribution in [0.2, 0.25) is 0 Å². The van der Waals surface area contributed by atoms with E-state index in [-0.39, 0.29) is 17.9 Å². The van der Waals surface area contributed by atoms with Gasteiger partial charge in [-0.15, -0.1) is 0 Å². The van der Waals surface area contributed by atoms with Crippen LogP contribution in [0.15, 0.2) is 42.5 Å². The highest BCUT2D eigenvalue weighted by Gasteiger charge is 2.15. The SMILES string of the molecule is NC(=O)c1ccc(C(=O)OCC(=O)Nc2ccc3c(c2)OCO3)cc1. The van der Waals surface area contributed by atoms with E-state index in [1.165, 1.54) is 24.3 Å². The summed E-state index contributed by atoms with van der Waals surface area (Å²) in [7, 11) is 0. The van der Waals surface area contributed by atoms with Crippen molar-refractivity contribution >= 4 is 23.5 Å². The molecule has 8 nitrogen and oxygen atoms in total. The number of fused-ring (bicyclic) bond motifs is 1. The van der Waals surface area contributed by atoms with Gasteiger partial charge in [-0.05, 0) is 36.4 Å². The summed E-state index contributed by atoms with van der Waals surface area (Å²) >= 11 is 0. The molecule has 1 heterocycles. The number of anilines is 1. The average Bonchev–Trinajstić information content (AvgIpc) is 3.07. The van der Waals surface area contributed by atoms with Gasteiger partial charge in [0.05, 0.1) is 5.56 Å². The lowest BCUT2D eigenvalue weighted by atomic mass is 10.1. The van der Waals surface area contributed by atoms with Crippen LogP contribution < -0.4 is 20.5 Å². The maximum absolute atomic E-state index is 11.9. The Morgan fingerprint density at radius 1 is 1.00 bits per heavy atom. The van der Waals surface area contributed by atoms with Crippen molar-refractivity contribution in [2.75, 3.05) is 18.7 Å². The van der Waals surface area contributed by atoms with Crippen molar-refractivity contribution < 1.29 is 28.6 Å². The molecule has 128 valence electrons. The Balaban J connectivity index is 1.53. The van der Waals surface area contributed by atoms with E-state index in [2.05, 4.69) is 5.32 Å². The first-order valence-corrected chi connectivity index (χ1v) is 7.29. The second-order valence-corrected chi connectivity index (χ2v) is 5.13. The molecule has 0 radical (unpaired) electrons. The van der Waals surface area contributed by atoms with Crippen molar-refractivity contribution in [1.29, 1.82) is 0 Å². The zero-order valence-corrected chi connectivity index (χ0v) is 13.0. The summed E-state index contributed by atoms with van der Waals surface area (Å²) in [5, 5.41) is 2.59. The monoisotopic (exact) mass is 342 g/mol. The molecule has 0 unspecified atom stereocenters. The van der Waals surface area contributed by atoms with Gasteiger partial charge in [-0.2, -0.15) is 0 Å². The molecule has 25 heavy (non-hydrogen) atoms. The Kier molecular flexibility index (Phi) is 4.51. The predicted molar refractivity (Wildman–Crippen MR) is 86.4 cm³/mol. The van der Waals surface area contributed by atoms with E-state index >= 15 is 0 Å². The normalized spacial score (nSPS) is 11.7. The molecule has 0 bridgehead atoms. The first-order chi connectivity index (χ1) is 12.0. The van der Waals surface area contributed by atoms with Crippen molar-refractivity contribution in [3.63, 3.8) is 0 Å². The number of ether oxygens (including phenoxy) is 3. The molecule has 2 aromatic carbocycles. The number of nitrogens with two attached hydrogens (primary N) is 1. The number of carbonyl (C=O) groups excluding carboxylic acids is 3. The molecular weight excluding hydrogens is 328 g/mol. The lowest BCUT2D eigenvalue weighted by molar-refractivity contribution is -0.119. The summed E-state index contributed by atoms with van der Waals surface area (Å²) in [6.45, 7) is -0.316. The maximum atomic E-state index is 11.9. The molecule has 0 saturated heterocycles. The second kappa shape index (κ2) is 6.91. The van der Waals surface area contributed by atoms with Gasteiger partial charge in [0.1, 0.15) is 0 Å². The molecule has 3 rings (SSSR count). The topological polar surface area (TPSA) is 117 Å². The minimum atomic E-state index is -0.683. The number of esters is 1. The number of rotatable bonds is 5. The summed E-state index contributed by atoms with van der Waals surface area (Å²) < 4.78 is 15.3. The van der Waals surface area contributed by atoms with Gasteiger partial charge in [0.15, 0.2) is 18.1 Å². The molecule has 1 aliphatic rings. The van der Waals surface area contributed by atoms with Crippen LogP contribution in [0.5, 0.6) is 11.5 Å². The fourth-order valence-corrected chi connectivity index (χ4v) is 2.16. The molecule has 8 heteroatoms. The van der Waals surface area contributed by atoms with Crippen LogP contribution in [-0.2, 0) is 9.53 Å². The number of amides is 2. The number of hydrogen-bond acceptors (Lipinski definition) is 6. The number of nitrogens with one attached hydrogen (secondary N) is 1. The lowest BCUT2D eigenvalue weighted by Crippen LogP contribution is -2.21. The summed E-state index contributed by atoms with van der Waals surface area (Å²) in [5.74, 6) is -0.644. The third kappa shape index (κ3) is 3.86. The fraction of sp³-hybridized carbons (Fsp3) is 0.118. The molecule has 0 spiro atoms. The number of benzene rings is 2. The predicted octanol–water partition coefficient (Wildman–Crippen LogP) is 1.31. The molecule has 2 amide bonds. The van der Waals surface area contributed by atoms with Crippen LogP contribution >= 0.6 is 0 Å². The first-order valence-electron chi connectivity index (χ1n) is 7.29. The van der Waals surface area contributed by atoms with Crippen molar-refractivity contribution in [1.82, 2.24) is 0 Å². The number of carbonyl (C=O) groups is 3. The van der Waals surface area contributed by atoms with Gasteiger partial charge in [-0.3, -0.25) is 9.59 Å². The fourth-order valence-electron chi connectivity index (χ4n) is 2.16. The number of primary amides is 1. The van der Waals surface area contributed by atoms with Gasteiger partial charge >= 0.3 is 5.97 Å². The van der Waals surface area contributed by atoms with E-state index in [0.717, 1.165) is 0 Å². The van der Waals surface area contributed by atoms with Gasteiger partial charge in [0, 0.05) is 17.3 Å². The Morgan fingerprint density at radius 2 is 1.68 bits per heavy atom. The standard InChI is InChI=1S/C17H14N2O6/c18-16(21)10-1-3-11(4-2-10)17(22)23-8-15(20)19-12-5-6-13-14(7-12)25-9-24-13/h1-7H,8-9H2,(H2,18,21)(H,19,20). The molecule has 1 aliphatic heterocycles. The summed E-state index contributed by atoms with van der Waals surface area (Å²) in [4.78, 5) is 34.7. The molecule has 0 atom stereocenters. The van der Waals surface area contributed by atoms with Crippen molar-refractivity contribution in [3.05, 3.63) is 53.6 Å². The van der Waals surface area contributed by atoms with Crippen molar-refractivity contribution in [3.8, 4) is 11.5 Å². The molecule has 2 aromatic rings. The smallest absolute Gasteiger partial charge is 0.338 e. The number of hydrogen-bond donors (Lipinski definition) is 2.